The minimum Gasteiger partial charge on any atom is -0.396 e. The number of quaternary nitrogens is 2. The minimum atomic E-state index is -0.835. The average molecular weight is 718 g/mol. The van der Waals surface area contributed by atoms with Gasteiger partial charge in [0.25, 0.3) is 0 Å². The normalized spacial score (nSPS) is 37.8. The van der Waals surface area contributed by atoms with E-state index in [1.165, 1.54) is 0 Å². The van der Waals surface area contributed by atoms with Crippen molar-refractivity contribution in [2.24, 2.45) is 53.1 Å². The number of methoxy groups -OCH3 is 1. The molecule has 14 unspecified atom stereocenters. The Kier molecular flexibility index (Phi) is 16.2. The Hall–Kier alpha value is -1.42. The van der Waals surface area contributed by atoms with Crippen molar-refractivity contribution in [1.29, 1.82) is 0 Å². The predicted octanol–water partition coefficient (Wildman–Crippen LogP) is 1.41. The van der Waals surface area contributed by atoms with Crippen LogP contribution in [0.3, 0.4) is 0 Å². The van der Waals surface area contributed by atoms with Crippen LogP contribution in [0.5, 0.6) is 0 Å². The number of ketones is 2. The SMILES string of the molecule is COC1CC2CCC(=O)C(C(O)CCCC(CCCO)C3C[NH2+]C4CC(=O)CCC4C3)C#CC(CCC(O)CCC3CC[NH2+]C(N)C3)C2CC1O. The minimum absolute atomic E-state index is 0.00839. The number of rotatable bonds is 16. The van der Waals surface area contributed by atoms with E-state index >= 15 is 0 Å². The number of hydrogen-bond donors (Lipinski definition) is 7. The van der Waals surface area contributed by atoms with Crippen LogP contribution in [0.2, 0.25) is 0 Å². The second-order valence-corrected chi connectivity index (χ2v) is 17.3. The van der Waals surface area contributed by atoms with E-state index in [0.29, 0.717) is 93.3 Å². The van der Waals surface area contributed by atoms with E-state index in [2.05, 4.69) is 22.5 Å². The summed E-state index contributed by atoms with van der Waals surface area (Å²) in [5, 5.41) is 47.8. The Morgan fingerprint density at radius 1 is 0.902 bits per heavy atom. The van der Waals surface area contributed by atoms with Crippen molar-refractivity contribution in [2.75, 3.05) is 26.8 Å². The fraction of sp³-hybridized carbons (Fsp3) is 0.902. The number of nitrogens with two attached hydrogens (primary N) is 3. The molecule has 14 atom stereocenters. The van der Waals surface area contributed by atoms with Crippen molar-refractivity contribution in [1.82, 2.24) is 0 Å². The van der Waals surface area contributed by atoms with Crippen LogP contribution >= 0.6 is 0 Å². The van der Waals surface area contributed by atoms with Gasteiger partial charge in [0.2, 0.25) is 0 Å². The lowest BCUT2D eigenvalue weighted by Crippen LogP contribution is -2.95. The smallest absolute Gasteiger partial charge is 0.150 e. The molecule has 51 heavy (non-hydrogen) atoms. The molecule has 0 spiro atoms. The number of hydrogen-bond acceptors (Lipinski definition) is 8. The summed E-state index contributed by atoms with van der Waals surface area (Å²) in [6.07, 6.45) is 13.1. The summed E-state index contributed by atoms with van der Waals surface area (Å²) >= 11 is 0. The van der Waals surface area contributed by atoms with Crippen LogP contribution in [0.4, 0.5) is 0 Å². The average Bonchev–Trinajstić information content (AvgIpc) is 3.18. The molecule has 5 aliphatic rings. The summed E-state index contributed by atoms with van der Waals surface area (Å²) in [7, 11) is 1.64. The topological polar surface area (TPSA) is 184 Å². The quantitative estimate of drug-likeness (QED) is 0.117. The van der Waals surface area contributed by atoms with Crippen molar-refractivity contribution in [3.8, 4) is 11.8 Å². The molecule has 5 rings (SSSR count). The number of piperidine rings is 2. The van der Waals surface area contributed by atoms with Crippen molar-refractivity contribution >= 4 is 11.6 Å². The highest BCUT2D eigenvalue weighted by atomic mass is 16.5. The fourth-order valence-corrected chi connectivity index (χ4v) is 10.8. The number of carbonyl (C=O) groups excluding carboxylic acids is 2. The maximum atomic E-state index is 13.7. The molecule has 0 amide bonds. The molecule has 10 nitrogen and oxygen atoms in total. The van der Waals surface area contributed by atoms with Crippen molar-refractivity contribution in [3.63, 3.8) is 0 Å². The summed E-state index contributed by atoms with van der Waals surface area (Å²) in [5.74, 6) is 8.82. The van der Waals surface area contributed by atoms with Gasteiger partial charge in [-0.25, -0.2) is 0 Å². The lowest BCUT2D eigenvalue weighted by molar-refractivity contribution is -0.712. The van der Waals surface area contributed by atoms with Crippen LogP contribution < -0.4 is 16.4 Å². The third-order valence-electron chi connectivity index (χ3n) is 13.9. The summed E-state index contributed by atoms with van der Waals surface area (Å²) < 4.78 is 5.64. The van der Waals surface area contributed by atoms with Crippen LogP contribution in [-0.4, -0.2) is 95.4 Å². The van der Waals surface area contributed by atoms with Crippen molar-refractivity contribution < 1.29 is 45.4 Å². The monoisotopic (exact) mass is 718 g/mol. The standard InChI is InChI=1S/C41H69N3O7/c1-51-40-22-29-11-16-38(49)34(15-10-28(35(29)24-39(40)50)8-13-32(46)12-7-26-17-18-43-41(42)20-26)37(48)6-2-4-27(5-3-19-45)31-21-30-9-14-33(47)23-36(30)44-25-31/h26-32,34-37,39-41,43-46,48,50H,2-9,11-14,16-25,42H2,1H3/p+2. The van der Waals surface area contributed by atoms with Gasteiger partial charge in [0, 0.05) is 50.7 Å². The maximum Gasteiger partial charge on any atom is 0.150 e. The molecule has 2 heterocycles. The highest BCUT2D eigenvalue weighted by Gasteiger charge is 2.42. The van der Waals surface area contributed by atoms with E-state index in [0.717, 1.165) is 77.3 Å². The van der Waals surface area contributed by atoms with Gasteiger partial charge < -0.3 is 35.8 Å². The Morgan fingerprint density at radius 2 is 1.69 bits per heavy atom. The summed E-state index contributed by atoms with van der Waals surface area (Å²) in [4.78, 5) is 25.7. The first-order chi connectivity index (χ1) is 24.6. The zero-order valence-corrected chi connectivity index (χ0v) is 31.4. The van der Waals surface area contributed by atoms with Crippen LogP contribution in [0, 0.1) is 59.2 Å². The van der Waals surface area contributed by atoms with Gasteiger partial charge >= 0.3 is 0 Å². The predicted molar refractivity (Wildman–Crippen MR) is 195 cm³/mol. The Bertz CT molecular complexity index is 1160. The lowest BCUT2D eigenvalue weighted by Gasteiger charge is -2.41. The molecule has 0 bridgehead atoms. The second kappa shape index (κ2) is 20.3. The van der Waals surface area contributed by atoms with E-state index in [9.17, 15) is 30.0 Å². The molecule has 4 fully saturated rings. The van der Waals surface area contributed by atoms with Gasteiger partial charge in [-0.1, -0.05) is 18.3 Å². The van der Waals surface area contributed by atoms with E-state index in [1.54, 1.807) is 7.11 Å². The van der Waals surface area contributed by atoms with Gasteiger partial charge in [-0.3, -0.25) is 15.3 Å². The van der Waals surface area contributed by atoms with Crippen LogP contribution in [0.15, 0.2) is 0 Å². The molecule has 0 aromatic carbocycles. The molecule has 2 aliphatic heterocycles. The summed E-state index contributed by atoms with van der Waals surface area (Å²) in [6.45, 7) is 2.25. The second-order valence-electron chi connectivity index (χ2n) is 17.3. The third-order valence-corrected chi connectivity index (χ3v) is 13.9. The van der Waals surface area contributed by atoms with E-state index in [-0.39, 0.29) is 42.4 Å². The van der Waals surface area contributed by atoms with Crippen LogP contribution in [0.1, 0.15) is 122 Å². The number of carbonyl (C=O) groups is 2. The maximum absolute atomic E-state index is 13.7. The first-order valence-corrected chi connectivity index (χ1v) is 20.8. The molecule has 2 saturated carbocycles. The number of Topliss-reactive ketones (excluding diaryl/α,β-unsaturated/α-hetero) is 2. The fourth-order valence-electron chi connectivity index (χ4n) is 10.8. The van der Waals surface area contributed by atoms with Crippen molar-refractivity contribution in [2.45, 2.75) is 159 Å². The Labute approximate surface area is 306 Å². The zero-order valence-electron chi connectivity index (χ0n) is 31.4. The molecule has 0 radical (unpaired) electrons. The molecule has 2 saturated heterocycles. The molecule has 0 aromatic rings. The molecular formula is C41H71N3O7+2. The first-order valence-electron chi connectivity index (χ1n) is 20.8. The largest absolute Gasteiger partial charge is 0.396 e. The first kappa shape index (κ1) is 40.8. The lowest BCUT2D eigenvalue weighted by atomic mass is 9.68. The zero-order chi connectivity index (χ0) is 36.3. The van der Waals surface area contributed by atoms with E-state index in [1.807, 2.05) is 0 Å². The highest BCUT2D eigenvalue weighted by molar-refractivity contribution is 5.84. The summed E-state index contributed by atoms with van der Waals surface area (Å²) in [6, 6.07) is 0.426. The molecule has 10 heteroatoms. The van der Waals surface area contributed by atoms with E-state index < -0.39 is 24.2 Å². The Morgan fingerprint density at radius 3 is 2.47 bits per heavy atom. The Balaban J connectivity index is 1.20. The molecule has 3 aliphatic carbocycles. The van der Waals surface area contributed by atoms with Gasteiger partial charge in [0.15, 0.2) is 0 Å². The molecule has 290 valence electrons. The molecular weight excluding hydrogens is 646 g/mol. The van der Waals surface area contributed by atoms with Crippen molar-refractivity contribution in [3.05, 3.63) is 0 Å². The summed E-state index contributed by atoms with van der Waals surface area (Å²) in [5.41, 5.74) is 6.15. The highest BCUT2D eigenvalue weighted by Crippen LogP contribution is 2.42. The number of ether oxygens (including phenoxy) is 1. The van der Waals surface area contributed by atoms with Gasteiger partial charge in [0.05, 0.1) is 50.0 Å². The van der Waals surface area contributed by atoms with Crippen LogP contribution in [0.25, 0.3) is 0 Å². The van der Waals surface area contributed by atoms with E-state index in [4.69, 9.17) is 10.5 Å². The molecule has 10 N–H and O–H groups in total. The van der Waals surface area contributed by atoms with Gasteiger partial charge in [-0.15, -0.1) is 0 Å². The molecule has 0 aromatic heterocycles. The number of aliphatic hydroxyl groups is 4. The third kappa shape index (κ3) is 11.8. The number of fused-ring (bicyclic) bond motifs is 2. The van der Waals surface area contributed by atoms with Gasteiger partial charge in [0.1, 0.15) is 23.7 Å². The van der Waals surface area contributed by atoms with Gasteiger partial charge in [-0.2, -0.15) is 0 Å². The van der Waals surface area contributed by atoms with Crippen LogP contribution in [-0.2, 0) is 14.3 Å². The van der Waals surface area contributed by atoms with Gasteiger partial charge in [-0.05, 0) is 114 Å². The number of aliphatic hydroxyl groups excluding tert-OH is 4.